The summed E-state index contributed by atoms with van der Waals surface area (Å²) < 4.78 is 24.1. The summed E-state index contributed by atoms with van der Waals surface area (Å²) in [5, 5.41) is 3.52. The van der Waals surface area contributed by atoms with E-state index in [0.29, 0.717) is 6.61 Å². The molecule has 2 aromatic rings. The Morgan fingerprint density at radius 2 is 2.35 bits per heavy atom. The molecule has 2 atom stereocenters. The predicted octanol–water partition coefficient (Wildman–Crippen LogP) is 3.38. The van der Waals surface area contributed by atoms with Crippen LogP contribution < -0.4 is 5.32 Å². The van der Waals surface area contributed by atoms with Gasteiger partial charge in [-0.2, -0.15) is 0 Å². The van der Waals surface area contributed by atoms with Crippen molar-refractivity contribution in [3.05, 3.63) is 59.3 Å². The van der Waals surface area contributed by atoms with Crippen molar-refractivity contribution in [2.45, 2.75) is 24.9 Å². The van der Waals surface area contributed by atoms with E-state index in [1.807, 2.05) is 18.2 Å². The third kappa shape index (κ3) is 2.62. The van der Waals surface area contributed by atoms with Crippen LogP contribution in [0.1, 0.15) is 35.4 Å². The van der Waals surface area contributed by atoms with Gasteiger partial charge in [0, 0.05) is 13.2 Å². The topological polar surface area (TPSA) is 34.4 Å². The highest BCUT2D eigenvalue weighted by Gasteiger charge is 2.26. The molecule has 3 rings (SSSR count). The molecule has 1 heterocycles. The Balaban J connectivity index is 1.79. The second-order valence-electron chi connectivity index (χ2n) is 5.12. The van der Waals surface area contributed by atoms with Crippen molar-refractivity contribution in [1.82, 2.24) is 5.32 Å². The lowest BCUT2D eigenvalue weighted by Gasteiger charge is -2.21. The first kappa shape index (κ1) is 13.3. The molecule has 1 N–H and O–H groups in total. The standard InChI is InChI=1S/C16H18FNO2/c1-19-10-15(16-3-2-8-20-16)18-14-7-5-11-4-6-12(17)9-13(11)14/h2-4,6,8-9,14-15,18H,5,7,10H2,1H3/t14-,15+/m0/s1. The molecule has 1 aromatic carbocycles. The van der Waals surface area contributed by atoms with Crippen molar-refractivity contribution >= 4 is 0 Å². The van der Waals surface area contributed by atoms with E-state index in [1.165, 1.54) is 11.6 Å². The van der Waals surface area contributed by atoms with Crippen molar-refractivity contribution in [2.24, 2.45) is 0 Å². The van der Waals surface area contributed by atoms with Gasteiger partial charge in [0.25, 0.3) is 0 Å². The Hall–Kier alpha value is -1.65. The van der Waals surface area contributed by atoms with Gasteiger partial charge in [0.15, 0.2) is 0 Å². The lowest BCUT2D eigenvalue weighted by molar-refractivity contribution is 0.150. The van der Waals surface area contributed by atoms with Crippen LogP contribution in [0.4, 0.5) is 4.39 Å². The molecular weight excluding hydrogens is 257 g/mol. The molecule has 1 aromatic heterocycles. The molecule has 0 unspecified atom stereocenters. The lowest BCUT2D eigenvalue weighted by Crippen LogP contribution is -2.28. The molecular formula is C16H18FNO2. The molecule has 0 amide bonds. The van der Waals surface area contributed by atoms with Crippen LogP contribution in [0.5, 0.6) is 0 Å². The smallest absolute Gasteiger partial charge is 0.123 e. The van der Waals surface area contributed by atoms with Gasteiger partial charge in [-0.15, -0.1) is 0 Å². The zero-order valence-electron chi connectivity index (χ0n) is 11.4. The maximum atomic E-state index is 13.4. The van der Waals surface area contributed by atoms with E-state index in [9.17, 15) is 4.39 Å². The van der Waals surface area contributed by atoms with Crippen molar-refractivity contribution in [3.8, 4) is 0 Å². The molecule has 1 aliphatic rings. The molecule has 0 saturated heterocycles. The van der Waals surface area contributed by atoms with Crippen LogP contribution in [0.15, 0.2) is 41.0 Å². The van der Waals surface area contributed by atoms with Gasteiger partial charge in [0.1, 0.15) is 11.6 Å². The van der Waals surface area contributed by atoms with Crippen molar-refractivity contribution in [2.75, 3.05) is 13.7 Å². The van der Waals surface area contributed by atoms with Crippen molar-refractivity contribution in [1.29, 1.82) is 0 Å². The van der Waals surface area contributed by atoms with Crippen LogP contribution in [-0.4, -0.2) is 13.7 Å². The first-order valence-corrected chi connectivity index (χ1v) is 6.84. The first-order valence-electron chi connectivity index (χ1n) is 6.84. The van der Waals surface area contributed by atoms with Crippen LogP contribution in [0.3, 0.4) is 0 Å². The van der Waals surface area contributed by atoms with E-state index in [0.717, 1.165) is 24.2 Å². The van der Waals surface area contributed by atoms with E-state index in [4.69, 9.17) is 9.15 Å². The fourth-order valence-corrected chi connectivity index (χ4v) is 2.86. The van der Waals surface area contributed by atoms with E-state index in [-0.39, 0.29) is 17.9 Å². The van der Waals surface area contributed by atoms with Crippen LogP contribution in [0, 0.1) is 5.82 Å². The summed E-state index contributed by atoms with van der Waals surface area (Å²) in [6, 6.07) is 8.96. The van der Waals surface area contributed by atoms with Crippen LogP contribution in [0.25, 0.3) is 0 Å². The second kappa shape index (κ2) is 5.77. The predicted molar refractivity (Wildman–Crippen MR) is 73.9 cm³/mol. The molecule has 4 heteroatoms. The zero-order valence-corrected chi connectivity index (χ0v) is 11.4. The summed E-state index contributed by atoms with van der Waals surface area (Å²) >= 11 is 0. The number of hydrogen-bond acceptors (Lipinski definition) is 3. The normalized spacial score (nSPS) is 19.0. The number of furan rings is 1. The number of halogens is 1. The molecule has 106 valence electrons. The summed E-state index contributed by atoms with van der Waals surface area (Å²) in [7, 11) is 1.67. The number of benzene rings is 1. The maximum absolute atomic E-state index is 13.4. The molecule has 1 aliphatic carbocycles. The van der Waals surface area contributed by atoms with E-state index >= 15 is 0 Å². The zero-order chi connectivity index (χ0) is 13.9. The highest BCUT2D eigenvalue weighted by molar-refractivity contribution is 5.35. The first-order chi connectivity index (χ1) is 9.78. The quantitative estimate of drug-likeness (QED) is 0.908. The molecule has 0 radical (unpaired) electrons. The molecule has 20 heavy (non-hydrogen) atoms. The van der Waals surface area contributed by atoms with Crippen LogP contribution in [-0.2, 0) is 11.2 Å². The number of rotatable bonds is 5. The number of hydrogen-bond donors (Lipinski definition) is 1. The summed E-state index contributed by atoms with van der Waals surface area (Å²) in [4.78, 5) is 0. The Morgan fingerprint density at radius 1 is 1.45 bits per heavy atom. The largest absolute Gasteiger partial charge is 0.468 e. The SMILES string of the molecule is COC[C@@H](N[C@H]1CCc2ccc(F)cc21)c1ccco1. The van der Waals surface area contributed by atoms with Gasteiger partial charge < -0.3 is 9.15 Å². The fourth-order valence-electron chi connectivity index (χ4n) is 2.86. The molecule has 0 spiro atoms. The fraction of sp³-hybridized carbons (Fsp3) is 0.375. The average Bonchev–Trinajstić information content (AvgIpc) is 3.08. The summed E-state index contributed by atoms with van der Waals surface area (Å²) in [5.41, 5.74) is 2.28. The average molecular weight is 275 g/mol. The Morgan fingerprint density at radius 3 is 3.10 bits per heavy atom. The van der Waals surface area contributed by atoms with E-state index in [2.05, 4.69) is 5.32 Å². The highest BCUT2D eigenvalue weighted by Crippen LogP contribution is 2.33. The summed E-state index contributed by atoms with van der Waals surface area (Å²) in [5.74, 6) is 0.662. The lowest BCUT2D eigenvalue weighted by atomic mass is 10.1. The minimum atomic E-state index is -0.182. The Labute approximate surface area is 117 Å². The van der Waals surface area contributed by atoms with Gasteiger partial charge >= 0.3 is 0 Å². The van der Waals surface area contributed by atoms with Gasteiger partial charge in [0.2, 0.25) is 0 Å². The van der Waals surface area contributed by atoms with Gasteiger partial charge in [-0.3, -0.25) is 5.32 Å². The van der Waals surface area contributed by atoms with E-state index in [1.54, 1.807) is 19.4 Å². The summed E-state index contributed by atoms with van der Waals surface area (Å²) in [6.45, 7) is 0.522. The monoisotopic (exact) mass is 275 g/mol. The Bertz CT molecular complexity index is 568. The minimum Gasteiger partial charge on any atom is -0.468 e. The van der Waals surface area contributed by atoms with Gasteiger partial charge in [0.05, 0.1) is 18.9 Å². The van der Waals surface area contributed by atoms with E-state index < -0.39 is 0 Å². The van der Waals surface area contributed by atoms with Gasteiger partial charge in [-0.25, -0.2) is 4.39 Å². The third-order valence-electron chi connectivity index (χ3n) is 3.81. The number of fused-ring (bicyclic) bond motifs is 1. The number of methoxy groups -OCH3 is 1. The Kier molecular flexibility index (Phi) is 3.85. The number of aryl methyl sites for hydroxylation is 1. The molecule has 0 saturated carbocycles. The molecule has 0 bridgehead atoms. The van der Waals surface area contributed by atoms with Crippen molar-refractivity contribution < 1.29 is 13.5 Å². The minimum absolute atomic E-state index is 0.0192. The second-order valence-corrected chi connectivity index (χ2v) is 5.12. The molecule has 3 nitrogen and oxygen atoms in total. The summed E-state index contributed by atoms with van der Waals surface area (Å²) in [6.07, 6.45) is 3.60. The molecule has 0 aliphatic heterocycles. The number of ether oxygens (including phenoxy) is 1. The maximum Gasteiger partial charge on any atom is 0.123 e. The van der Waals surface area contributed by atoms with Crippen molar-refractivity contribution in [3.63, 3.8) is 0 Å². The van der Waals surface area contributed by atoms with Gasteiger partial charge in [-0.1, -0.05) is 6.07 Å². The van der Waals surface area contributed by atoms with Crippen LogP contribution >= 0.6 is 0 Å². The van der Waals surface area contributed by atoms with Gasteiger partial charge in [-0.05, 0) is 48.2 Å². The number of nitrogens with one attached hydrogen (secondary N) is 1. The molecule has 0 fully saturated rings. The third-order valence-corrected chi connectivity index (χ3v) is 3.81. The van der Waals surface area contributed by atoms with Crippen LogP contribution in [0.2, 0.25) is 0 Å². The highest BCUT2D eigenvalue weighted by atomic mass is 19.1.